The summed E-state index contributed by atoms with van der Waals surface area (Å²) in [5.41, 5.74) is 1.27. The molecule has 1 amide bonds. The predicted octanol–water partition coefficient (Wildman–Crippen LogP) is 2.16. The second kappa shape index (κ2) is 5.74. The van der Waals surface area contributed by atoms with Crippen molar-refractivity contribution >= 4 is 34.8 Å². The number of amides is 1. The number of aromatic nitrogens is 6. The van der Waals surface area contributed by atoms with Crippen molar-refractivity contribution in [2.24, 2.45) is 7.05 Å². The molecule has 0 bridgehead atoms. The molecule has 0 saturated carbocycles. The van der Waals surface area contributed by atoms with Crippen LogP contribution in [0, 0.1) is 0 Å². The Morgan fingerprint density at radius 3 is 2.82 bits per heavy atom. The first-order valence-electron chi connectivity index (χ1n) is 6.08. The highest BCUT2D eigenvalue weighted by Crippen LogP contribution is 2.28. The van der Waals surface area contributed by atoms with Gasteiger partial charge >= 0.3 is 0 Å². The van der Waals surface area contributed by atoms with E-state index in [0.29, 0.717) is 22.1 Å². The summed E-state index contributed by atoms with van der Waals surface area (Å²) in [6.45, 7) is 0. The third-order valence-corrected chi connectivity index (χ3v) is 3.61. The maximum Gasteiger partial charge on any atom is 0.260 e. The number of nitrogens with zero attached hydrogens (tertiary/aromatic N) is 5. The Morgan fingerprint density at radius 2 is 2.18 bits per heavy atom. The summed E-state index contributed by atoms with van der Waals surface area (Å²) >= 11 is 12.0. The molecule has 3 rings (SSSR count). The second-order valence-corrected chi connectivity index (χ2v) is 5.15. The first kappa shape index (κ1) is 14.5. The van der Waals surface area contributed by atoms with E-state index in [1.807, 2.05) is 0 Å². The van der Waals surface area contributed by atoms with Gasteiger partial charge in [-0.15, -0.1) is 10.2 Å². The third-order valence-electron chi connectivity index (χ3n) is 2.93. The Labute approximate surface area is 134 Å². The molecule has 2 heterocycles. The van der Waals surface area contributed by atoms with Crippen LogP contribution in [-0.2, 0) is 7.05 Å². The van der Waals surface area contributed by atoms with Gasteiger partial charge in [0.15, 0.2) is 0 Å². The predicted molar refractivity (Wildman–Crippen MR) is 80.8 cm³/mol. The second-order valence-electron chi connectivity index (χ2n) is 4.35. The maximum absolute atomic E-state index is 12.3. The van der Waals surface area contributed by atoms with Crippen molar-refractivity contribution in [3.63, 3.8) is 0 Å². The van der Waals surface area contributed by atoms with Crippen LogP contribution < -0.4 is 5.32 Å². The number of H-pyrrole nitrogens is 1. The van der Waals surface area contributed by atoms with E-state index < -0.39 is 5.91 Å². The van der Waals surface area contributed by atoms with Crippen molar-refractivity contribution in [2.75, 3.05) is 5.32 Å². The average Bonchev–Trinajstić information content (AvgIpc) is 3.11. The molecule has 0 radical (unpaired) electrons. The number of hydrogen-bond acceptors (Lipinski definition) is 5. The summed E-state index contributed by atoms with van der Waals surface area (Å²) in [6, 6.07) is 4.95. The van der Waals surface area contributed by atoms with Gasteiger partial charge in [-0.25, -0.2) is 0 Å². The van der Waals surface area contributed by atoms with Crippen molar-refractivity contribution < 1.29 is 4.79 Å². The zero-order chi connectivity index (χ0) is 15.7. The fourth-order valence-corrected chi connectivity index (χ4v) is 2.21. The quantitative estimate of drug-likeness (QED) is 0.762. The molecule has 10 heteroatoms. The fraction of sp³-hybridized carbons (Fsp3) is 0.0833. The van der Waals surface area contributed by atoms with Crippen LogP contribution in [0.2, 0.25) is 10.2 Å². The van der Waals surface area contributed by atoms with E-state index in [1.165, 1.54) is 10.9 Å². The summed E-state index contributed by atoms with van der Waals surface area (Å²) in [5, 5.41) is 21.0. The molecular formula is C12H9Cl2N7O. The molecular weight excluding hydrogens is 329 g/mol. The van der Waals surface area contributed by atoms with Crippen molar-refractivity contribution in [3.8, 4) is 11.4 Å². The number of carbonyl (C=O) groups excluding carboxylic acids is 1. The number of aryl methyl sites for hydroxylation is 1. The number of rotatable bonds is 3. The SMILES string of the molecule is Cn1ncc(C(=O)Nc2cc(Cl)ccc2-c2nn[nH]n2)c1Cl. The van der Waals surface area contributed by atoms with Gasteiger partial charge in [-0.05, 0) is 23.4 Å². The molecule has 0 aliphatic carbocycles. The van der Waals surface area contributed by atoms with Crippen LogP contribution in [0.4, 0.5) is 5.69 Å². The molecule has 112 valence electrons. The standard InChI is InChI=1S/C12H9Cl2N7O/c1-21-10(14)8(5-15-21)12(22)16-9-4-6(13)2-3-7(9)11-17-19-20-18-11/h2-5H,1H3,(H,16,22)(H,17,18,19,20). The maximum atomic E-state index is 12.3. The minimum absolute atomic E-state index is 0.237. The van der Waals surface area contributed by atoms with Crippen LogP contribution in [0.3, 0.4) is 0 Å². The van der Waals surface area contributed by atoms with Crippen LogP contribution >= 0.6 is 23.2 Å². The average molecular weight is 338 g/mol. The number of aromatic amines is 1. The summed E-state index contributed by atoms with van der Waals surface area (Å²) in [4.78, 5) is 12.3. The monoisotopic (exact) mass is 337 g/mol. The summed E-state index contributed by atoms with van der Waals surface area (Å²) < 4.78 is 1.40. The fourth-order valence-electron chi connectivity index (χ4n) is 1.86. The summed E-state index contributed by atoms with van der Waals surface area (Å²) in [5.74, 6) is -0.0747. The van der Waals surface area contributed by atoms with Gasteiger partial charge in [0, 0.05) is 17.6 Å². The summed E-state index contributed by atoms with van der Waals surface area (Å²) in [7, 11) is 1.64. The molecule has 0 fully saturated rings. The van der Waals surface area contributed by atoms with Crippen LogP contribution in [0.5, 0.6) is 0 Å². The number of nitrogens with one attached hydrogen (secondary N) is 2. The van der Waals surface area contributed by atoms with E-state index in [0.717, 1.165) is 0 Å². The lowest BCUT2D eigenvalue weighted by molar-refractivity contribution is 0.102. The Balaban J connectivity index is 1.97. The Bertz CT molecular complexity index is 828. The van der Waals surface area contributed by atoms with Crippen LogP contribution in [-0.4, -0.2) is 36.3 Å². The zero-order valence-electron chi connectivity index (χ0n) is 11.2. The number of benzene rings is 1. The smallest absolute Gasteiger partial charge is 0.260 e. The molecule has 0 aliphatic heterocycles. The van der Waals surface area contributed by atoms with E-state index in [-0.39, 0.29) is 10.7 Å². The molecule has 2 N–H and O–H groups in total. The van der Waals surface area contributed by atoms with E-state index in [4.69, 9.17) is 23.2 Å². The van der Waals surface area contributed by atoms with Crippen LogP contribution in [0.1, 0.15) is 10.4 Å². The highest BCUT2D eigenvalue weighted by molar-refractivity contribution is 6.33. The Morgan fingerprint density at radius 1 is 1.36 bits per heavy atom. The number of anilines is 1. The minimum Gasteiger partial charge on any atom is -0.321 e. The zero-order valence-corrected chi connectivity index (χ0v) is 12.7. The molecule has 0 saturated heterocycles. The van der Waals surface area contributed by atoms with E-state index in [2.05, 4.69) is 31.0 Å². The van der Waals surface area contributed by atoms with Gasteiger partial charge in [-0.1, -0.05) is 23.2 Å². The van der Waals surface area contributed by atoms with Crippen molar-refractivity contribution in [2.45, 2.75) is 0 Å². The van der Waals surface area contributed by atoms with E-state index >= 15 is 0 Å². The van der Waals surface area contributed by atoms with Gasteiger partial charge in [0.1, 0.15) is 5.15 Å². The molecule has 1 aromatic carbocycles. The Hall–Kier alpha value is -2.45. The first-order valence-corrected chi connectivity index (χ1v) is 6.84. The highest BCUT2D eigenvalue weighted by Gasteiger charge is 2.17. The molecule has 3 aromatic rings. The topological polar surface area (TPSA) is 101 Å². The number of hydrogen-bond donors (Lipinski definition) is 2. The number of tetrazole rings is 1. The van der Waals surface area contributed by atoms with E-state index in [1.54, 1.807) is 25.2 Å². The largest absolute Gasteiger partial charge is 0.321 e. The lowest BCUT2D eigenvalue weighted by Crippen LogP contribution is -2.13. The van der Waals surface area contributed by atoms with Crippen LogP contribution in [0.15, 0.2) is 24.4 Å². The number of carbonyl (C=O) groups is 1. The first-order chi connectivity index (χ1) is 10.6. The van der Waals surface area contributed by atoms with Gasteiger partial charge in [-0.2, -0.15) is 10.3 Å². The van der Waals surface area contributed by atoms with Gasteiger partial charge in [0.25, 0.3) is 5.91 Å². The van der Waals surface area contributed by atoms with Crippen molar-refractivity contribution in [1.29, 1.82) is 0 Å². The van der Waals surface area contributed by atoms with Gasteiger partial charge < -0.3 is 5.32 Å². The normalized spacial score (nSPS) is 10.7. The molecule has 0 unspecified atom stereocenters. The highest BCUT2D eigenvalue weighted by atomic mass is 35.5. The molecule has 0 spiro atoms. The van der Waals surface area contributed by atoms with Crippen molar-refractivity contribution in [1.82, 2.24) is 30.4 Å². The molecule has 22 heavy (non-hydrogen) atoms. The summed E-state index contributed by atoms with van der Waals surface area (Å²) in [6.07, 6.45) is 1.39. The van der Waals surface area contributed by atoms with E-state index in [9.17, 15) is 4.79 Å². The molecule has 0 aliphatic rings. The molecule has 2 aromatic heterocycles. The van der Waals surface area contributed by atoms with Crippen LogP contribution in [0.25, 0.3) is 11.4 Å². The van der Waals surface area contributed by atoms with Gasteiger partial charge in [0.05, 0.1) is 17.4 Å². The van der Waals surface area contributed by atoms with Gasteiger partial charge in [-0.3, -0.25) is 9.48 Å². The lowest BCUT2D eigenvalue weighted by atomic mass is 10.1. The Kier molecular flexibility index (Phi) is 3.78. The minimum atomic E-state index is -0.412. The molecule has 0 atom stereocenters. The third kappa shape index (κ3) is 2.66. The van der Waals surface area contributed by atoms with Gasteiger partial charge in [0.2, 0.25) is 5.82 Å². The van der Waals surface area contributed by atoms with Crippen molar-refractivity contribution in [3.05, 3.63) is 40.1 Å². The number of halogens is 2. The molecule has 8 nitrogen and oxygen atoms in total. The lowest BCUT2D eigenvalue weighted by Gasteiger charge is -2.09.